The van der Waals surface area contributed by atoms with Gasteiger partial charge in [0, 0.05) is 34.7 Å². The van der Waals surface area contributed by atoms with Crippen LogP contribution >= 0.6 is 0 Å². The highest BCUT2D eigenvalue weighted by Gasteiger charge is 2.32. The SMILES string of the molecule is COc1cnnc(-c2cc(C)c(-c3ccc(F)c4c3CC[C@H]4Oc3ccc4c(c3)OCC4CC(=O)O)c(C)c2)c1. The fraction of sp³-hybridized carbons (Fsp3) is 0.281. The number of ether oxygens (including phenoxy) is 3. The molecule has 0 saturated carbocycles. The summed E-state index contributed by atoms with van der Waals surface area (Å²) in [5, 5.41) is 17.5. The second-order valence-electron chi connectivity index (χ2n) is 10.4. The molecule has 1 unspecified atom stereocenters. The minimum Gasteiger partial charge on any atom is -0.495 e. The molecular formula is C32H29FN2O5. The van der Waals surface area contributed by atoms with Gasteiger partial charge in [-0.25, -0.2) is 4.39 Å². The summed E-state index contributed by atoms with van der Waals surface area (Å²) in [5.41, 5.74) is 8.28. The first kappa shape index (κ1) is 25.8. The van der Waals surface area contributed by atoms with Gasteiger partial charge in [0.15, 0.2) is 0 Å². The fourth-order valence-electron chi connectivity index (χ4n) is 6.04. The summed E-state index contributed by atoms with van der Waals surface area (Å²) in [6.07, 6.45) is 2.50. The maximum atomic E-state index is 15.3. The van der Waals surface area contributed by atoms with Crippen molar-refractivity contribution in [3.8, 4) is 39.6 Å². The number of carboxylic acids is 1. The monoisotopic (exact) mass is 540 g/mol. The number of hydrogen-bond donors (Lipinski definition) is 1. The van der Waals surface area contributed by atoms with Crippen LogP contribution in [0.3, 0.4) is 0 Å². The molecule has 0 radical (unpaired) electrons. The Kier molecular flexibility index (Phi) is 6.62. The summed E-state index contributed by atoms with van der Waals surface area (Å²) in [4.78, 5) is 11.2. The Hall–Kier alpha value is -4.46. The zero-order valence-corrected chi connectivity index (χ0v) is 22.5. The fourth-order valence-corrected chi connectivity index (χ4v) is 6.04. The van der Waals surface area contributed by atoms with Gasteiger partial charge in [-0.15, -0.1) is 0 Å². The van der Waals surface area contributed by atoms with E-state index in [4.69, 9.17) is 19.3 Å². The third-order valence-electron chi connectivity index (χ3n) is 7.81. The molecule has 6 rings (SSSR count). The standard InChI is InChI=1S/C32H29FN2O5/c1-17-10-19(27-13-22(38-3)15-34-35-27)11-18(2)31(17)24-6-8-26(33)32-25(24)7-9-28(32)40-21-4-5-23-20(12-30(36)37)16-39-29(23)14-21/h4-6,8,10-11,13-15,20,28H,7,9,12,16H2,1-3H3,(H,36,37)/t20?,28-/m1/s1. The van der Waals surface area contributed by atoms with Crippen LogP contribution in [0.25, 0.3) is 22.4 Å². The van der Waals surface area contributed by atoms with Crippen molar-refractivity contribution in [1.29, 1.82) is 0 Å². The van der Waals surface area contributed by atoms with E-state index < -0.39 is 12.1 Å². The number of halogens is 1. The van der Waals surface area contributed by atoms with Crippen LogP contribution in [0.1, 0.15) is 52.7 Å². The van der Waals surface area contributed by atoms with Crippen molar-refractivity contribution in [2.24, 2.45) is 0 Å². The van der Waals surface area contributed by atoms with E-state index in [1.807, 2.05) is 24.3 Å². The normalized spacial score (nSPS) is 17.2. The number of benzene rings is 3. The van der Waals surface area contributed by atoms with Crippen LogP contribution in [-0.4, -0.2) is 35.0 Å². The van der Waals surface area contributed by atoms with Crippen molar-refractivity contribution in [3.63, 3.8) is 0 Å². The predicted molar refractivity (Wildman–Crippen MR) is 148 cm³/mol. The van der Waals surface area contributed by atoms with E-state index in [1.54, 1.807) is 19.4 Å². The summed E-state index contributed by atoms with van der Waals surface area (Å²) in [6, 6.07) is 14.9. The Morgan fingerprint density at radius 2 is 1.90 bits per heavy atom. The van der Waals surface area contributed by atoms with Crippen molar-refractivity contribution in [2.45, 2.75) is 45.1 Å². The maximum Gasteiger partial charge on any atom is 0.304 e. The van der Waals surface area contributed by atoms with Gasteiger partial charge in [0.25, 0.3) is 0 Å². The molecule has 40 heavy (non-hydrogen) atoms. The van der Waals surface area contributed by atoms with Crippen LogP contribution in [0.4, 0.5) is 4.39 Å². The lowest BCUT2D eigenvalue weighted by molar-refractivity contribution is -0.137. The van der Waals surface area contributed by atoms with Crippen molar-refractivity contribution in [3.05, 3.63) is 88.4 Å². The number of carboxylic acid groups (broad SMARTS) is 1. The highest BCUT2D eigenvalue weighted by molar-refractivity contribution is 5.79. The first-order valence-corrected chi connectivity index (χ1v) is 13.3. The average molecular weight is 541 g/mol. The molecule has 3 aromatic carbocycles. The Labute approximate surface area is 231 Å². The van der Waals surface area contributed by atoms with Gasteiger partial charge in [-0.3, -0.25) is 4.79 Å². The van der Waals surface area contributed by atoms with Crippen LogP contribution in [0.2, 0.25) is 0 Å². The van der Waals surface area contributed by atoms with E-state index in [2.05, 4.69) is 36.2 Å². The molecule has 7 nitrogen and oxygen atoms in total. The Morgan fingerprint density at radius 3 is 2.65 bits per heavy atom. The topological polar surface area (TPSA) is 90.8 Å². The Balaban J connectivity index is 1.31. The quantitative estimate of drug-likeness (QED) is 0.283. The molecule has 4 aromatic rings. The number of nitrogens with zero attached hydrogens (tertiary/aromatic N) is 2. The van der Waals surface area contributed by atoms with Gasteiger partial charge in [0.1, 0.15) is 29.2 Å². The summed E-state index contributed by atoms with van der Waals surface area (Å²) in [5.74, 6) is 0.532. The van der Waals surface area contributed by atoms with Crippen LogP contribution in [-0.2, 0) is 11.2 Å². The predicted octanol–water partition coefficient (Wildman–Crippen LogP) is 6.59. The minimum absolute atomic E-state index is 0.0178. The largest absolute Gasteiger partial charge is 0.495 e. The minimum atomic E-state index is -0.857. The third-order valence-corrected chi connectivity index (χ3v) is 7.81. The lowest BCUT2D eigenvalue weighted by Crippen LogP contribution is -2.07. The molecule has 0 saturated heterocycles. The highest BCUT2D eigenvalue weighted by Crippen LogP contribution is 2.45. The zero-order chi connectivity index (χ0) is 28.0. The van der Waals surface area contributed by atoms with Crippen molar-refractivity contribution < 1.29 is 28.5 Å². The van der Waals surface area contributed by atoms with Crippen molar-refractivity contribution >= 4 is 5.97 Å². The third kappa shape index (κ3) is 4.63. The number of aryl methyl sites for hydroxylation is 2. The molecule has 1 aliphatic carbocycles. The molecule has 204 valence electrons. The molecule has 2 heterocycles. The molecule has 1 N–H and O–H groups in total. The molecule has 8 heteroatoms. The van der Waals surface area contributed by atoms with Crippen LogP contribution < -0.4 is 14.2 Å². The summed E-state index contributed by atoms with van der Waals surface area (Å²) in [7, 11) is 1.60. The first-order chi connectivity index (χ1) is 19.3. The molecule has 1 aromatic heterocycles. The lowest BCUT2D eigenvalue weighted by atomic mass is 9.88. The second kappa shape index (κ2) is 10.3. The average Bonchev–Trinajstić information content (AvgIpc) is 3.54. The number of aliphatic carboxylic acids is 1. The highest BCUT2D eigenvalue weighted by atomic mass is 19.1. The van der Waals surface area contributed by atoms with Gasteiger partial charge >= 0.3 is 5.97 Å². The zero-order valence-electron chi connectivity index (χ0n) is 22.5. The molecule has 0 fully saturated rings. The second-order valence-corrected chi connectivity index (χ2v) is 10.4. The Morgan fingerprint density at radius 1 is 1.10 bits per heavy atom. The van der Waals surface area contributed by atoms with Crippen LogP contribution in [0, 0.1) is 19.7 Å². The van der Waals surface area contributed by atoms with Crippen LogP contribution in [0.15, 0.2) is 54.7 Å². The van der Waals surface area contributed by atoms with Crippen molar-refractivity contribution in [2.75, 3.05) is 13.7 Å². The van der Waals surface area contributed by atoms with Gasteiger partial charge in [-0.2, -0.15) is 10.2 Å². The molecule has 2 aliphatic rings. The molecule has 0 bridgehead atoms. The summed E-state index contributed by atoms with van der Waals surface area (Å²) < 4.78 is 32.7. The smallest absolute Gasteiger partial charge is 0.304 e. The number of aromatic nitrogens is 2. The molecule has 2 atom stereocenters. The molecule has 1 aliphatic heterocycles. The first-order valence-electron chi connectivity index (χ1n) is 13.3. The lowest BCUT2D eigenvalue weighted by Gasteiger charge is -2.19. The summed E-state index contributed by atoms with van der Waals surface area (Å²) >= 11 is 0. The Bertz CT molecular complexity index is 1610. The van der Waals surface area contributed by atoms with E-state index in [9.17, 15) is 4.79 Å². The number of fused-ring (bicyclic) bond motifs is 2. The van der Waals surface area contributed by atoms with E-state index in [0.29, 0.717) is 42.3 Å². The van der Waals surface area contributed by atoms with E-state index >= 15 is 4.39 Å². The number of hydrogen-bond acceptors (Lipinski definition) is 6. The van der Waals surface area contributed by atoms with E-state index in [-0.39, 0.29) is 18.2 Å². The van der Waals surface area contributed by atoms with Gasteiger partial charge in [-0.05, 0) is 78.8 Å². The van der Waals surface area contributed by atoms with E-state index in [0.717, 1.165) is 44.6 Å². The number of rotatable bonds is 7. The van der Waals surface area contributed by atoms with Crippen molar-refractivity contribution in [1.82, 2.24) is 10.2 Å². The number of methoxy groups -OCH3 is 1. The summed E-state index contributed by atoms with van der Waals surface area (Å²) in [6.45, 7) is 4.44. The maximum absolute atomic E-state index is 15.3. The van der Waals surface area contributed by atoms with Gasteiger partial charge in [0.2, 0.25) is 0 Å². The van der Waals surface area contributed by atoms with E-state index in [1.165, 1.54) is 6.07 Å². The molecule has 0 amide bonds. The number of carbonyl (C=O) groups is 1. The molecule has 0 spiro atoms. The molecular weight excluding hydrogens is 511 g/mol. The van der Waals surface area contributed by atoms with Gasteiger partial charge < -0.3 is 19.3 Å². The van der Waals surface area contributed by atoms with Gasteiger partial charge in [-0.1, -0.05) is 12.1 Å². The van der Waals surface area contributed by atoms with Gasteiger partial charge in [0.05, 0.1) is 32.0 Å². The van der Waals surface area contributed by atoms with Crippen LogP contribution in [0.5, 0.6) is 17.2 Å².